The highest BCUT2D eigenvalue weighted by atomic mass is 16.6. The highest BCUT2D eigenvalue weighted by Crippen LogP contribution is 2.33. The van der Waals surface area contributed by atoms with Crippen molar-refractivity contribution >= 4 is 11.9 Å². The molecule has 6 nitrogen and oxygen atoms in total. The van der Waals surface area contributed by atoms with Gasteiger partial charge in [-0.15, -0.1) is 0 Å². The number of ether oxygens (including phenoxy) is 2. The zero-order valence-corrected chi connectivity index (χ0v) is 11.8. The number of hydrogen-bond acceptors (Lipinski definition) is 6. The molecule has 0 heterocycles. The highest BCUT2D eigenvalue weighted by Gasteiger charge is 2.34. The summed E-state index contributed by atoms with van der Waals surface area (Å²) in [5.74, 6) is -1.39. The summed E-state index contributed by atoms with van der Waals surface area (Å²) >= 11 is 0. The summed E-state index contributed by atoms with van der Waals surface area (Å²) in [7, 11) is 0. The predicted molar refractivity (Wildman–Crippen MR) is 68.3 cm³/mol. The van der Waals surface area contributed by atoms with Gasteiger partial charge in [-0.25, -0.2) is 9.59 Å². The number of aliphatic hydroxyl groups is 2. The zero-order valence-electron chi connectivity index (χ0n) is 11.8. The van der Waals surface area contributed by atoms with E-state index in [2.05, 4.69) is 0 Å². The van der Waals surface area contributed by atoms with Crippen LogP contribution in [-0.4, -0.2) is 48.1 Å². The summed E-state index contributed by atoms with van der Waals surface area (Å²) in [6.07, 6.45) is 1.49. The van der Waals surface area contributed by atoms with Crippen LogP contribution in [0, 0.1) is 5.41 Å². The van der Waals surface area contributed by atoms with E-state index >= 15 is 0 Å². The predicted octanol–water partition coefficient (Wildman–Crippen LogP) is 0.642. The number of esters is 2. The van der Waals surface area contributed by atoms with Crippen LogP contribution in [0.4, 0.5) is 0 Å². The topological polar surface area (TPSA) is 93.1 Å². The molecular formula is C13H24O6. The van der Waals surface area contributed by atoms with Crippen molar-refractivity contribution in [2.75, 3.05) is 19.8 Å². The molecule has 2 N–H and O–H groups in total. The van der Waals surface area contributed by atoms with Gasteiger partial charge in [-0.05, 0) is 12.8 Å². The SMILES string of the molecule is CCC(C)(CC)C(CCOC(=O)CO)OC(=O)CO. The molecule has 0 aromatic rings. The summed E-state index contributed by atoms with van der Waals surface area (Å²) < 4.78 is 10.00. The van der Waals surface area contributed by atoms with Crippen molar-refractivity contribution < 1.29 is 29.3 Å². The van der Waals surface area contributed by atoms with Crippen LogP contribution >= 0.6 is 0 Å². The minimum Gasteiger partial charge on any atom is -0.464 e. The monoisotopic (exact) mass is 276 g/mol. The van der Waals surface area contributed by atoms with Gasteiger partial charge in [0.1, 0.15) is 19.3 Å². The van der Waals surface area contributed by atoms with Crippen molar-refractivity contribution in [3.8, 4) is 0 Å². The van der Waals surface area contributed by atoms with Gasteiger partial charge in [0.2, 0.25) is 0 Å². The molecule has 0 saturated carbocycles. The first-order valence-corrected chi connectivity index (χ1v) is 6.50. The standard InChI is InChI=1S/C13H24O6/c1-4-13(3,5-2)10(19-12(17)9-15)6-7-18-11(16)8-14/h10,14-15H,4-9H2,1-3H3. The van der Waals surface area contributed by atoms with E-state index < -0.39 is 31.3 Å². The van der Waals surface area contributed by atoms with Crippen LogP contribution in [0.15, 0.2) is 0 Å². The Morgan fingerprint density at radius 3 is 2.05 bits per heavy atom. The van der Waals surface area contributed by atoms with Crippen LogP contribution in [0.2, 0.25) is 0 Å². The maximum Gasteiger partial charge on any atom is 0.332 e. The minimum atomic E-state index is -0.707. The summed E-state index contributed by atoms with van der Waals surface area (Å²) in [5, 5.41) is 17.3. The average molecular weight is 276 g/mol. The third kappa shape index (κ3) is 6.02. The van der Waals surface area contributed by atoms with E-state index in [1.807, 2.05) is 20.8 Å². The van der Waals surface area contributed by atoms with E-state index in [1.54, 1.807) is 0 Å². The van der Waals surface area contributed by atoms with Gasteiger partial charge in [0.05, 0.1) is 6.61 Å². The van der Waals surface area contributed by atoms with E-state index in [0.717, 1.165) is 12.8 Å². The minimum absolute atomic E-state index is 0.0678. The van der Waals surface area contributed by atoms with Crippen molar-refractivity contribution in [1.29, 1.82) is 0 Å². The molecule has 112 valence electrons. The van der Waals surface area contributed by atoms with E-state index in [-0.39, 0.29) is 12.0 Å². The molecule has 6 heteroatoms. The van der Waals surface area contributed by atoms with Crippen LogP contribution in [0.25, 0.3) is 0 Å². The van der Waals surface area contributed by atoms with Crippen molar-refractivity contribution in [2.24, 2.45) is 5.41 Å². The fraction of sp³-hybridized carbons (Fsp3) is 0.846. The van der Waals surface area contributed by atoms with Gasteiger partial charge in [-0.2, -0.15) is 0 Å². The number of carbonyl (C=O) groups is 2. The largest absolute Gasteiger partial charge is 0.464 e. The van der Waals surface area contributed by atoms with E-state index in [0.29, 0.717) is 6.42 Å². The van der Waals surface area contributed by atoms with Gasteiger partial charge in [-0.3, -0.25) is 0 Å². The third-order valence-electron chi connectivity index (χ3n) is 3.57. The Kier molecular flexibility index (Phi) is 8.34. The second-order valence-electron chi connectivity index (χ2n) is 4.67. The molecule has 0 saturated heterocycles. The van der Waals surface area contributed by atoms with Gasteiger partial charge in [0.25, 0.3) is 0 Å². The highest BCUT2D eigenvalue weighted by molar-refractivity contribution is 5.71. The number of carbonyl (C=O) groups excluding carboxylic acids is 2. The fourth-order valence-corrected chi connectivity index (χ4v) is 1.78. The van der Waals surface area contributed by atoms with Gasteiger partial charge in [0, 0.05) is 11.8 Å². The molecule has 1 unspecified atom stereocenters. The molecule has 1 atom stereocenters. The van der Waals surface area contributed by atoms with E-state index in [4.69, 9.17) is 19.7 Å². The summed E-state index contributed by atoms with van der Waals surface area (Å²) in [5.41, 5.74) is -0.240. The van der Waals surface area contributed by atoms with Crippen LogP contribution in [0.1, 0.15) is 40.0 Å². The van der Waals surface area contributed by atoms with Gasteiger partial charge < -0.3 is 19.7 Å². The average Bonchev–Trinajstić information content (AvgIpc) is 2.44. The first-order chi connectivity index (χ1) is 8.93. The quantitative estimate of drug-likeness (QED) is 0.600. The first-order valence-electron chi connectivity index (χ1n) is 6.50. The number of hydrogen-bond donors (Lipinski definition) is 2. The maximum atomic E-state index is 11.2. The molecule has 0 fully saturated rings. The Labute approximate surface area is 113 Å². The molecular weight excluding hydrogens is 252 g/mol. The lowest BCUT2D eigenvalue weighted by molar-refractivity contribution is -0.162. The molecule has 0 aromatic heterocycles. The van der Waals surface area contributed by atoms with Crippen LogP contribution in [0.3, 0.4) is 0 Å². The number of aliphatic hydroxyl groups excluding tert-OH is 2. The normalized spacial score (nSPS) is 12.9. The molecule has 0 bridgehead atoms. The van der Waals surface area contributed by atoms with Crippen molar-refractivity contribution in [1.82, 2.24) is 0 Å². The van der Waals surface area contributed by atoms with Gasteiger partial charge in [0.15, 0.2) is 0 Å². The van der Waals surface area contributed by atoms with Gasteiger partial charge >= 0.3 is 11.9 Å². The Bertz CT molecular complexity index is 285. The molecule has 0 aliphatic carbocycles. The van der Waals surface area contributed by atoms with Crippen LogP contribution in [-0.2, 0) is 19.1 Å². The van der Waals surface area contributed by atoms with Crippen molar-refractivity contribution in [3.05, 3.63) is 0 Å². The molecule has 0 spiro atoms. The molecule has 0 rings (SSSR count). The molecule has 0 aromatic carbocycles. The maximum absolute atomic E-state index is 11.2. The fourth-order valence-electron chi connectivity index (χ4n) is 1.78. The lowest BCUT2D eigenvalue weighted by Gasteiger charge is -2.35. The molecule has 0 amide bonds. The van der Waals surface area contributed by atoms with Crippen molar-refractivity contribution in [2.45, 2.75) is 46.1 Å². The second-order valence-corrected chi connectivity index (χ2v) is 4.67. The van der Waals surface area contributed by atoms with Crippen LogP contribution in [0.5, 0.6) is 0 Å². The summed E-state index contributed by atoms with van der Waals surface area (Å²) in [6.45, 7) is 4.69. The third-order valence-corrected chi connectivity index (χ3v) is 3.57. The zero-order chi connectivity index (χ0) is 14.9. The first kappa shape index (κ1) is 17.9. The lowest BCUT2D eigenvalue weighted by Crippen LogP contribution is -2.37. The smallest absolute Gasteiger partial charge is 0.332 e. The summed E-state index contributed by atoms with van der Waals surface area (Å²) in [4.78, 5) is 22.1. The molecule has 0 aliphatic rings. The number of rotatable bonds is 9. The lowest BCUT2D eigenvalue weighted by atomic mass is 9.78. The Balaban J connectivity index is 4.58. The van der Waals surface area contributed by atoms with Crippen molar-refractivity contribution in [3.63, 3.8) is 0 Å². The Morgan fingerprint density at radius 1 is 1.11 bits per heavy atom. The Hall–Kier alpha value is -1.14. The molecule has 19 heavy (non-hydrogen) atoms. The van der Waals surface area contributed by atoms with E-state index in [9.17, 15) is 9.59 Å². The summed E-state index contributed by atoms with van der Waals surface area (Å²) in [6, 6.07) is 0. The van der Waals surface area contributed by atoms with E-state index in [1.165, 1.54) is 0 Å². The molecule has 0 radical (unpaired) electrons. The van der Waals surface area contributed by atoms with Crippen LogP contribution < -0.4 is 0 Å². The second kappa shape index (κ2) is 8.87. The Morgan fingerprint density at radius 2 is 1.63 bits per heavy atom. The van der Waals surface area contributed by atoms with Gasteiger partial charge in [-0.1, -0.05) is 20.8 Å². The molecule has 0 aliphatic heterocycles.